The predicted molar refractivity (Wildman–Crippen MR) is 73.6 cm³/mol. The van der Waals surface area contributed by atoms with E-state index in [2.05, 4.69) is 15.7 Å². The lowest BCUT2D eigenvalue weighted by molar-refractivity contribution is 0.114. The fourth-order valence-corrected chi connectivity index (χ4v) is 1.63. The van der Waals surface area contributed by atoms with E-state index < -0.39 is 6.10 Å². The summed E-state index contributed by atoms with van der Waals surface area (Å²) >= 11 is 0. The monoisotopic (exact) mass is 268 g/mol. The van der Waals surface area contributed by atoms with Crippen LogP contribution >= 0.6 is 0 Å². The number of amides is 2. The predicted octanol–water partition coefficient (Wildman–Crippen LogP) is 0.935. The largest absolute Gasteiger partial charge is 0.391 e. The van der Waals surface area contributed by atoms with E-state index in [9.17, 15) is 9.90 Å². The van der Waals surface area contributed by atoms with Gasteiger partial charge in [0.15, 0.2) is 0 Å². The molecule has 1 heterocycles. The van der Waals surface area contributed by atoms with Crippen LogP contribution in [0.15, 0.2) is 6.20 Å². The maximum atomic E-state index is 11.6. The molecule has 0 spiro atoms. The first-order valence-electron chi connectivity index (χ1n) is 6.62. The van der Waals surface area contributed by atoms with Crippen molar-refractivity contribution in [1.29, 1.82) is 0 Å². The summed E-state index contributed by atoms with van der Waals surface area (Å²) in [6.45, 7) is 6.63. The van der Waals surface area contributed by atoms with Crippen molar-refractivity contribution in [3.05, 3.63) is 17.5 Å². The average Bonchev–Trinajstić information content (AvgIpc) is 2.72. The number of aryl methyl sites for hydroxylation is 1. The number of hydrogen-bond acceptors (Lipinski definition) is 3. The van der Waals surface area contributed by atoms with E-state index in [1.165, 1.54) is 0 Å². The number of nitrogens with one attached hydrogen (secondary N) is 2. The van der Waals surface area contributed by atoms with Gasteiger partial charge >= 0.3 is 6.03 Å². The molecule has 2 unspecified atom stereocenters. The van der Waals surface area contributed by atoms with Gasteiger partial charge < -0.3 is 15.7 Å². The van der Waals surface area contributed by atoms with E-state index in [1.807, 2.05) is 27.8 Å². The second-order valence-corrected chi connectivity index (χ2v) is 4.90. The van der Waals surface area contributed by atoms with Gasteiger partial charge in [0.1, 0.15) is 0 Å². The Morgan fingerprint density at radius 2 is 2.21 bits per heavy atom. The van der Waals surface area contributed by atoms with Crippen LogP contribution in [0.25, 0.3) is 0 Å². The van der Waals surface area contributed by atoms with Crippen LogP contribution in [0.2, 0.25) is 0 Å². The van der Waals surface area contributed by atoms with Gasteiger partial charge in [-0.15, -0.1) is 0 Å². The van der Waals surface area contributed by atoms with Crippen molar-refractivity contribution in [2.45, 2.75) is 39.8 Å². The molecule has 1 rings (SSSR count). The number of aliphatic hydroxyl groups is 1. The van der Waals surface area contributed by atoms with E-state index in [1.54, 1.807) is 10.9 Å². The number of aliphatic hydroxyl groups excluding tert-OH is 1. The lowest BCUT2D eigenvalue weighted by atomic mass is 10.0. The molecular formula is C13H24N4O2. The third kappa shape index (κ3) is 4.55. The summed E-state index contributed by atoms with van der Waals surface area (Å²) in [5.74, 6) is 0.181. The Morgan fingerprint density at radius 1 is 1.53 bits per heavy atom. The number of urea groups is 1. The highest BCUT2D eigenvalue weighted by Gasteiger charge is 2.13. The molecule has 3 N–H and O–H groups in total. The molecule has 6 nitrogen and oxygen atoms in total. The first kappa shape index (κ1) is 15.5. The Bertz CT molecular complexity index is 417. The second kappa shape index (κ2) is 7.13. The van der Waals surface area contributed by atoms with Crippen LogP contribution in [0, 0.1) is 12.8 Å². The van der Waals surface area contributed by atoms with E-state index in [4.69, 9.17) is 0 Å². The minimum absolute atomic E-state index is 0.181. The summed E-state index contributed by atoms with van der Waals surface area (Å²) in [6.07, 6.45) is 2.12. The van der Waals surface area contributed by atoms with E-state index >= 15 is 0 Å². The zero-order valence-corrected chi connectivity index (χ0v) is 12.1. The fourth-order valence-electron chi connectivity index (χ4n) is 1.63. The molecule has 0 aliphatic carbocycles. The SMILES string of the molecule is CCC(C)C(O)CNC(=O)NCc1cnn(C)c1C. The zero-order chi connectivity index (χ0) is 14.4. The van der Waals surface area contributed by atoms with Gasteiger partial charge in [-0.2, -0.15) is 5.10 Å². The molecule has 19 heavy (non-hydrogen) atoms. The Balaban J connectivity index is 2.30. The van der Waals surface area contributed by atoms with Gasteiger partial charge in [-0.1, -0.05) is 20.3 Å². The third-order valence-corrected chi connectivity index (χ3v) is 3.55. The van der Waals surface area contributed by atoms with Gasteiger partial charge in [-0.3, -0.25) is 4.68 Å². The summed E-state index contributed by atoms with van der Waals surface area (Å²) in [5, 5.41) is 19.3. The summed E-state index contributed by atoms with van der Waals surface area (Å²) in [4.78, 5) is 11.6. The molecule has 2 amide bonds. The summed E-state index contributed by atoms with van der Waals surface area (Å²) < 4.78 is 1.77. The number of carbonyl (C=O) groups excluding carboxylic acids is 1. The van der Waals surface area contributed by atoms with Crippen LogP contribution in [-0.2, 0) is 13.6 Å². The Kier molecular flexibility index (Phi) is 5.82. The normalized spacial score (nSPS) is 13.9. The number of aromatic nitrogens is 2. The molecule has 0 aromatic carbocycles. The quantitative estimate of drug-likeness (QED) is 0.718. The maximum absolute atomic E-state index is 11.6. The van der Waals surface area contributed by atoms with Crippen molar-refractivity contribution in [2.75, 3.05) is 6.54 Å². The lowest BCUT2D eigenvalue weighted by Crippen LogP contribution is -2.41. The van der Waals surface area contributed by atoms with Crippen LogP contribution in [0.3, 0.4) is 0 Å². The van der Waals surface area contributed by atoms with Crippen LogP contribution in [0.5, 0.6) is 0 Å². The van der Waals surface area contributed by atoms with Gasteiger partial charge in [0.05, 0.1) is 12.3 Å². The highest BCUT2D eigenvalue weighted by Crippen LogP contribution is 2.06. The van der Waals surface area contributed by atoms with Gasteiger partial charge in [0.25, 0.3) is 0 Å². The Morgan fingerprint density at radius 3 is 2.74 bits per heavy atom. The molecule has 0 saturated carbocycles. The Hall–Kier alpha value is -1.56. The van der Waals surface area contributed by atoms with Gasteiger partial charge in [-0.05, 0) is 12.8 Å². The second-order valence-electron chi connectivity index (χ2n) is 4.90. The van der Waals surface area contributed by atoms with Gasteiger partial charge in [0.2, 0.25) is 0 Å². The molecule has 1 aromatic rings. The maximum Gasteiger partial charge on any atom is 0.315 e. The molecule has 6 heteroatoms. The standard InChI is InChI=1S/C13H24N4O2/c1-5-9(2)12(18)8-15-13(19)14-6-11-7-16-17(4)10(11)3/h7,9,12,18H,5-6,8H2,1-4H3,(H2,14,15,19). The van der Waals surface area contributed by atoms with Crippen molar-refractivity contribution in [3.63, 3.8) is 0 Å². The molecule has 0 saturated heterocycles. The summed E-state index contributed by atoms with van der Waals surface area (Å²) in [6, 6.07) is -0.273. The first-order valence-corrected chi connectivity index (χ1v) is 6.62. The van der Waals surface area contributed by atoms with Crippen molar-refractivity contribution in [1.82, 2.24) is 20.4 Å². The van der Waals surface area contributed by atoms with Crippen LogP contribution in [0.1, 0.15) is 31.5 Å². The number of hydrogen-bond donors (Lipinski definition) is 3. The van der Waals surface area contributed by atoms with E-state index in [-0.39, 0.29) is 18.5 Å². The van der Waals surface area contributed by atoms with Gasteiger partial charge in [0, 0.05) is 31.4 Å². The topological polar surface area (TPSA) is 79.2 Å². The van der Waals surface area contributed by atoms with Crippen LogP contribution in [-0.4, -0.2) is 33.6 Å². The molecular weight excluding hydrogens is 244 g/mol. The molecule has 0 radical (unpaired) electrons. The fraction of sp³-hybridized carbons (Fsp3) is 0.692. The van der Waals surface area contributed by atoms with E-state index in [0.29, 0.717) is 6.54 Å². The highest BCUT2D eigenvalue weighted by molar-refractivity contribution is 5.73. The molecule has 108 valence electrons. The van der Waals surface area contributed by atoms with Crippen molar-refractivity contribution in [3.8, 4) is 0 Å². The molecule has 0 aliphatic rings. The van der Waals surface area contributed by atoms with Crippen LogP contribution in [0.4, 0.5) is 4.79 Å². The van der Waals surface area contributed by atoms with Gasteiger partial charge in [-0.25, -0.2) is 4.79 Å². The van der Waals surface area contributed by atoms with Crippen molar-refractivity contribution < 1.29 is 9.90 Å². The van der Waals surface area contributed by atoms with Crippen molar-refractivity contribution in [2.24, 2.45) is 13.0 Å². The summed E-state index contributed by atoms with van der Waals surface area (Å²) in [7, 11) is 1.86. The molecule has 0 bridgehead atoms. The molecule has 0 aliphatic heterocycles. The average molecular weight is 268 g/mol. The smallest absolute Gasteiger partial charge is 0.315 e. The minimum Gasteiger partial charge on any atom is -0.391 e. The highest BCUT2D eigenvalue weighted by atomic mass is 16.3. The number of carbonyl (C=O) groups is 1. The summed E-state index contributed by atoms with van der Waals surface area (Å²) in [5.41, 5.74) is 2.01. The molecule has 1 aromatic heterocycles. The number of rotatable bonds is 6. The number of nitrogens with zero attached hydrogens (tertiary/aromatic N) is 2. The van der Waals surface area contributed by atoms with Crippen LogP contribution < -0.4 is 10.6 Å². The zero-order valence-electron chi connectivity index (χ0n) is 12.1. The lowest BCUT2D eigenvalue weighted by Gasteiger charge is -2.17. The molecule has 0 fully saturated rings. The van der Waals surface area contributed by atoms with E-state index in [0.717, 1.165) is 17.7 Å². The Labute approximate surface area is 114 Å². The van der Waals surface area contributed by atoms with Crippen molar-refractivity contribution >= 4 is 6.03 Å². The molecule has 2 atom stereocenters. The first-order chi connectivity index (χ1) is 8.95. The minimum atomic E-state index is -0.504. The third-order valence-electron chi connectivity index (χ3n) is 3.55.